The number of halogens is 2. The van der Waals surface area contributed by atoms with Crippen LogP contribution in [0, 0.1) is 5.82 Å². The SMILES string of the molecule is CC(Cc1ccc(OCc2cccc(F)c2)cc1)N(C)CC(=O)O.Cl. The molecule has 25 heavy (non-hydrogen) atoms. The quantitative estimate of drug-likeness (QED) is 0.771. The van der Waals surface area contributed by atoms with Crippen LogP contribution in [0.15, 0.2) is 48.5 Å². The van der Waals surface area contributed by atoms with Gasteiger partial charge >= 0.3 is 5.97 Å². The molecule has 0 radical (unpaired) electrons. The molecule has 2 rings (SSSR count). The zero-order valence-electron chi connectivity index (χ0n) is 14.3. The number of benzene rings is 2. The van der Waals surface area contributed by atoms with Gasteiger partial charge < -0.3 is 9.84 Å². The van der Waals surface area contributed by atoms with Crippen molar-refractivity contribution in [1.29, 1.82) is 0 Å². The molecule has 0 saturated heterocycles. The summed E-state index contributed by atoms with van der Waals surface area (Å²) in [7, 11) is 1.80. The highest BCUT2D eigenvalue weighted by Crippen LogP contribution is 2.16. The molecule has 0 aliphatic carbocycles. The van der Waals surface area contributed by atoms with Crippen LogP contribution < -0.4 is 4.74 Å². The second-order valence-electron chi connectivity index (χ2n) is 5.92. The van der Waals surface area contributed by atoms with Gasteiger partial charge in [-0.3, -0.25) is 9.69 Å². The first-order chi connectivity index (χ1) is 11.4. The van der Waals surface area contributed by atoms with Gasteiger partial charge in [-0.25, -0.2) is 4.39 Å². The molecule has 0 saturated carbocycles. The molecule has 136 valence electrons. The molecule has 0 aliphatic rings. The predicted octanol–water partition coefficient (Wildman–Crippen LogP) is 3.77. The van der Waals surface area contributed by atoms with Gasteiger partial charge in [-0.05, 0) is 55.8 Å². The molecule has 1 unspecified atom stereocenters. The number of hydrogen-bond acceptors (Lipinski definition) is 3. The Morgan fingerprint density at radius 3 is 2.48 bits per heavy atom. The third-order valence-corrected chi connectivity index (χ3v) is 3.89. The minimum Gasteiger partial charge on any atom is -0.489 e. The van der Waals surface area contributed by atoms with Gasteiger partial charge in [-0.1, -0.05) is 24.3 Å². The van der Waals surface area contributed by atoms with Gasteiger partial charge in [0.15, 0.2) is 0 Å². The molecular weight excluding hydrogens is 345 g/mol. The van der Waals surface area contributed by atoms with E-state index in [1.165, 1.54) is 12.1 Å². The zero-order valence-corrected chi connectivity index (χ0v) is 15.1. The van der Waals surface area contributed by atoms with Gasteiger partial charge in [-0.15, -0.1) is 12.4 Å². The van der Waals surface area contributed by atoms with Gasteiger partial charge in [0.05, 0.1) is 6.54 Å². The lowest BCUT2D eigenvalue weighted by atomic mass is 10.1. The highest BCUT2D eigenvalue weighted by molar-refractivity contribution is 5.85. The Bertz CT molecular complexity index is 679. The molecule has 0 fully saturated rings. The summed E-state index contributed by atoms with van der Waals surface area (Å²) in [5, 5.41) is 8.82. The average Bonchev–Trinajstić information content (AvgIpc) is 2.53. The minimum absolute atomic E-state index is 0. The first-order valence-corrected chi connectivity index (χ1v) is 7.82. The normalized spacial score (nSPS) is 11.7. The van der Waals surface area contributed by atoms with Gasteiger partial charge in [-0.2, -0.15) is 0 Å². The van der Waals surface area contributed by atoms with Crippen LogP contribution in [0.2, 0.25) is 0 Å². The van der Waals surface area contributed by atoms with Crippen LogP contribution in [0.1, 0.15) is 18.1 Å². The van der Waals surface area contributed by atoms with E-state index in [0.717, 1.165) is 23.3 Å². The van der Waals surface area contributed by atoms with Gasteiger partial charge in [0.25, 0.3) is 0 Å². The maximum Gasteiger partial charge on any atom is 0.317 e. The second-order valence-corrected chi connectivity index (χ2v) is 5.92. The van der Waals surface area contributed by atoms with Crippen LogP contribution in [0.25, 0.3) is 0 Å². The molecule has 0 amide bonds. The first kappa shape index (κ1) is 20.9. The number of aliphatic carboxylic acids is 1. The number of ether oxygens (including phenoxy) is 1. The van der Waals surface area contributed by atoms with E-state index >= 15 is 0 Å². The summed E-state index contributed by atoms with van der Waals surface area (Å²) in [6.07, 6.45) is 0.758. The fourth-order valence-corrected chi connectivity index (χ4v) is 2.38. The Kier molecular flexibility index (Phi) is 8.38. The van der Waals surface area contributed by atoms with Crippen molar-refractivity contribution in [3.8, 4) is 5.75 Å². The van der Waals surface area contributed by atoms with Crippen molar-refractivity contribution in [2.75, 3.05) is 13.6 Å². The van der Waals surface area contributed by atoms with E-state index in [1.807, 2.05) is 37.3 Å². The Balaban J connectivity index is 0.00000312. The third-order valence-electron chi connectivity index (χ3n) is 3.89. The Morgan fingerprint density at radius 2 is 1.88 bits per heavy atom. The molecule has 6 heteroatoms. The van der Waals surface area contributed by atoms with Crippen molar-refractivity contribution >= 4 is 18.4 Å². The summed E-state index contributed by atoms with van der Waals surface area (Å²) >= 11 is 0. The van der Waals surface area contributed by atoms with Gasteiger partial charge in [0.1, 0.15) is 18.2 Å². The van der Waals surface area contributed by atoms with E-state index in [0.29, 0.717) is 6.61 Å². The largest absolute Gasteiger partial charge is 0.489 e. The van der Waals surface area contributed by atoms with E-state index in [2.05, 4.69) is 0 Å². The number of rotatable bonds is 8. The first-order valence-electron chi connectivity index (χ1n) is 7.82. The predicted molar refractivity (Wildman–Crippen MR) is 97.9 cm³/mol. The fourth-order valence-electron chi connectivity index (χ4n) is 2.38. The van der Waals surface area contributed by atoms with Crippen molar-refractivity contribution in [3.05, 3.63) is 65.5 Å². The summed E-state index contributed by atoms with van der Waals surface area (Å²) in [5.41, 5.74) is 1.89. The topological polar surface area (TPSA) is 49.8 Å². The number of nitrogens with zero attached hydrogens (tertiary/aromatic N) is 1. The van der Waals surface area contributed by atoms with E-state index in [-0.39, 0.29) is 30.8 Å². The maximum atomic E-state index is 13.1. The van der Waals surface area contributed by atoms with Crippen LogP contribution in [-0.4, -0.2) is 35.6 Å². The highest BCUT2D eigenvalue weighted by Gasteiger charge is 2.12. The molecule has 0 aliphatic heterocycles. The molecule has 2 aromatic carbocycles. The standard InChI is InChI=1S/C19H22FNO3.ClH/c1-14(21(2)12-19(22)23)10-15-6-8-18(9-7-15)24-13-16-4-3-5-17(20)11-16;/h3-9,11,14H,10,12-13H2,1-2H3,(H,22,23);1H. The second kappa shape index (κ2) is 10.0. The van der Waals surface area contributed by atoms with Gasteiger partial charge in [0.2, 0.25) is 0 Å². The summed E-state index contributed by atoms with van der Waals surface area (Å²) in [4.78, 5) is 12.5. The van der Waals surface area contributed by atoms with Crippen LogP contribution in [0.5, 0.6) is 5.75 Å². The molecule has 0 bridgehead atoms. The lowest BCUT2D eigenvalue weighted by Crippen LogP contribution is -2.35. The molecule has 0 heterocycles. The maximum absolute atomic E-state index is 13.1. The Hall–Kier alpha value is -2.11. The molecule has 0 aromatic heterocycles. The van der Waals surface area contributed by atoms with Crippen molar-refractivity contribution in [2.45, 2.75) is 26.0 Å². The van der Waals surface area contributed by atoms with Crippen molar-refractivity contribution in [2.24, 2.45) is 0 Å². The van der Waals surface area contributed by atoms with Crippen LogP contribution in [0.3, 0.4) is 0 Å². The number of carboxylic acids is 1. The molecule has 0 spiro atoms. The van der Waals surface area contributed by atoms with Crippen LogP contribution >= 0.6 is 12.4 Å². The summed E-state index contributed by atoms with van der Waals surface area (Å²) in [6.45, 7) is 2.34. The minimum atomic E-state index is -0.828. The third kappa shape index (κ3) is 7.11. The van der Waals surface area contributed by atoms with E-state index in [1.54, 1.807) is 18.0 Å². The molecular formula is C19H23ClFNO3. The van der Waals surface area contributed by atoms with Crippen molar-refractivity contribution in [3.63, 3.8) is 0 Å². The fraction of sp³-hybridized carbons (Fsp3) is 0.316. The van der Waals surface area contributed by atoms with Crippen molar-refractivity contribution in [1.82, 2.24) is 4.90 Å². The summed E-state index contributed by atoms with van der Waals surface area (Å²) in [5.74, 6) is -0.383. The Labute approximate surface area is 153 Å². The monoisotopic (exact) mass is 367 g/mol. The summed E-state index contributed by atoms with van der Waals surface area (Å²) < 4.78 is 18.8. The van der Waals surface area contributed by atoms with E-state index < -0.39 is 5.97 Å². The average molecular weight is 368 g/mol. The molecule has 1 atom stereocenters. The van der Waals surface area contributed by atoms with E-state index in [9.17, 15) is 9.18 Å². The molecule has 4 nitrogen and oxygen atoms in total. The zero-order chi connectivity index (χ0) is 17.5. The van der Waals surface area contributed by atoms with Crippen molar-refractivity contribution < 1.29 is 19.0 Å². The summed E-state index contributed by atoms with van der Waals surface area (Å²) in [6, 6.07) is 14.1. The van der Waals surface area contributed by atoms with Crippen LogP contribution in [-0.2, 0) is 17.8 Å². The van der Waals surface area contributed by atoms with E-state index in [4.69, 9.17) is 9.84 Å². The number of hydrogen-bond donors (Lipinski definition) is 1. The molecule has 2 aromatic rings. The molecule has 1 N–H and O–H groups in total. The number of carbonyl (C=O) groups is 1. The lowest BCUT2D eigenvalue weighted by Gasteiger charge is -2.22. The van der Waals surface area contributed by atoms with Gasteiger partial charge in [0, 0.05) is 6.04 Å². The smallest absolute Gasteiger partial charge is 0.317 e. The van der Waals surface area contributed by atoms with Crippen LogP contribution in [0.4, 0.5) is 4.39 Å². The number of carboxylic acid groups (broad SMARTS) is 1. The highest BCUT2D eigenvalue weighted by atomic mass is 35.5. The lowest BCUT2D eigenvalue weighted by molar-refractivity contribution is -0.138. The Morgan fingerprint density at radius 1 is 1.20 bits per heavy atom. The number of likely N-dealkylation sites (N-methyl/N-ethyl adjacent to an activating group) is 1.